The van der Waals surface area contributed by atoms with Gasteiger partial charge in [0.2, 0.25) is 0 Å². The summed E-state index contributed by atoms with van der Waals surface area (Å²) in [6.07, 6.45) is 5.98. The van der Waals surface area contributed by atoms with Crippen molar-refractivity contribution < 1.29 is 0 Å². The molecule has 19 heavy (non-hydrogen) atoms. The molecule has 0 spiro atoms. The SMILES string of the molecule is CN(C)C1(C(N)c2cc(Cl)ccc2Cl)CCCCC1. The maximum atomic E-state index is 6.59. The van der Waals surface area contributed by atoms with Crippen LogP contribution in [0, 0.1) is 0 Å². The molecule has 1 fully saturated rings. The molecule has 2 rings (SSSR count). The summed E-state index contributed by atoms with van der Waals surface area (Å²) in [4.78, 5) is 2.27. The zero-order valence-corrected chi connectivity index (χ0v) is 13.1. The molecule has 2 N–H and O–H groups in total. The van der Waals surface area contributed by atoms with Crippen LogP contribution in [0.15, 0.2) is 18.2 Å². The van der Waals surface area contributed by atoms with Gasteiger partial charge in [-0.25, -0.2) is 0 Å². The largest absolute Gasteiger partial charge is 0.322 e. The van der Waals surface area contributed by atoms with Gasteiger partial charge >= 0.3 is 0 Å². The fraction of sp³-hybridized carbons (Fsp3) is 0.600. The molecule has 4 heteroatoms. The lowest BCUT2D eigenvalue weighted by molar-refractivity contribution is 0.0714. The molecule has 0 aliphatic heterocycles. The molecule has 1 aliphatic rings. The minimum Gasteiger partial charge on any atom is -0.322 e. The van der Waals surface area contributed by atoms with E-state index in [1.54, 1.807) is 0 Å². The Bertz CT molecular complexity index is 440. The minimum absolute atomic E-state index is 0.00737. The molecule has 1 aromatic carbocycles. The van der Waals surface area contributed by atoms with Crippen LogP contribution in [0.5, 0.6) is 0 Å². The molecular weight excluding hydrogens is 279 g/mol. The third-order valence-corrected chi connectivity index (χ3v) is 5.06. The van der Waals surface area contributed by atoms with Crippen LogP contribution in [-0.2, 0) is 0 Å². The van der Waals surface area contributed by atoms with Crippen LogP contribution in [0.25, 0.3) is 0 Å². The van der Waals surface area contributed by atoms with Gasteiger partial charge in [0.25, 0.3) is 0 Å². The molecule has 0 heterocycles. The van der Waals surface area contributed by atoms with Crippen LogP contribution >= 0.6 is 23.2 Å². The molecular formula is C15H22Cl2N2. The van der Waals surface area contributed by atoms with Gasteiger partial charge in [-0.3, -0.25) is 0 Å². The highest BCUT2D eigenvalue weighted by molar-refractivity contribution is 6.33. The normalized spacial score (nSPS) is 20.5. The average molecular weight is 301 g/mol. The van der Waals surface area contributed by atoms with Gasteiger partial charge in [-0.05, 0) is 50.7 Å². The van der Waals surface area contributed by atoms with Crippen LogP contribution in [-0.4, -0.2) is 24.5 Å². The number of hydrogen-bond donors (Lipinski definition) is 1. The zero-order valence-electron chi connectivity index (χ0n) is 11.6. The highest BCUT2D eigenvalue weighted by Gasteiger charge is 2.41. The summed E-state index contributed by atoms with van der Waals surface area (Å²) in [7, 11) is 4.23. The molecule has 1 aromatic rings. The fourth-order valence-corrected chi connectivity index (χ4v) is 3.66. The summed E-state index contributed by atoms with van der Waals surface area (Å²) in [5.74, 6) is 0. The topological polar surface area (TPSA) is 29.3 Å². The molecule has 1 atom stereocenters. The molecule has 0 bridgehead atoms. The molecule has 0 aromatic heterocycles. The lowest BCUT2D eigenvalue weighted by Gasteiger charge is -2.47. The first kappa shape index (κ1) is 15.1. The Morgan fingerprint density at radius 1 is 1.16 bits per heavy atom. The summed E-state index contributed by atoms with van der Waals surface area (Å²) >= 11 is 12.4. The molecule has 1 unspecified atom stereocenters. The highest BCUT2D eigenvalue weighted by atomic mass is 35.5. The van der Waals surface area contributed by atoms with E-state index < -0.39 is 0 Å². The Labute approximate surface area is 125 Å². The Balaban J connectivity index is 2.39. The summed E-state index contributed by atoms with van der Waals surface area (Å²) < 4.78 is 0. The second kappa shape index (κ2) is 6.01. The maximum absolute atomic E-state index is 6.59. The van der Waals surface area contributed by atoms with E-state index in [-0.39, 0.29) is 11.6 Å². The molecule has 0 saturated heterocycles. The molecule has 0 radical (unpaired) electrons. The number of likely N-dealkylation sites (N-methyl/N-ethyl adjacent to an activating group) is 1. The number of rotatable bonds is 3. The van der Waals surface area contributed by atoms with Crippen molar-refractivity contribution in [2.45, 2.75) is 43.7 Å². The first-order valence-corrected chi connectivity index (χ1v) is 7.61. The Morgan fingerprint density at radius 3 is 2.37 bits per heavy atom. The average Bonchev–Trinajstić information content (AvgIpc) is 2.41. The number of halogens is 2. The number of benzene rings is 1. The minimum atomic E-state index is -0.103. The predicted octanol–water partition coefficient (Wildman–Crippen LogP) is 4.26. The van der Waals surface area contributed by atoms with E-state index in [9.17, 15) is 0 Å². The van der Waals surface area contributed by atoms with E-state index >= 15 is 0 Å². The van der Waals surface area contributed by atoms with Crippen LogP contribution in [0.4, 0.5) is 0 Å². The van der Waals surface area contributed by atoms with E-state index in [4.69, 9.17) is 28.9 Å². The standard InChI is InChI=1S/C15H22Cl2N2/c1-19(2)15(8-4-3-5-9-15)14(18)12-10-11(16)6-7-13(12)17/h6-7,10,14H,3-5,8-9,18H2,1-2H3. The zero-order chi connectivity index (χ0) is 14.0. The molecule has 2 nitrogen and oxygen atoms in total. The van der Waals surface area contributed by atoms with E-state index in [1.165, 1.54) is 19.3 Å². The van der Waals surface area contributed by atoms with Gasteiger partial charge in [0.15, 0.2) is 0 Å². The number of nitrogens with two attached hydrogens (primary N) is 1. The quantitative estimate of drug-likeness (QED) is 0.904. The van der Waals surface area contributed by atoms with Crippen molar-refractivity contribution >= 4 is 23.2 Å². The third-order valence-electron chi connectivity index (χ3n) is 4.48. The highest BCUT2D eigenvalue weighted by Crippen LogP contribution is 2.42. The van der Waals surface area contributed by atoms with Crippen molar-refractivity contribution in [3.8, 4) is 0 Å². The van der Waals surface area contributed by atoms with Crippen molar-refractivity contribution in [2.24, 2.45) is 5.73 Å². The van der Waals surface area contributed by atoms with Crippen molar-refractivity contribution in [2.75, 3.05) is 14.1 Å². The lowest BCUT2D eigenvalue weighted by atomic mass is 9.73. The number of hydrogen-bond acceptors (Lipinski definition) is 2. The summed E-state index contributed by atoms with van der Waals surface area (Å²) in [5, 5.41) is 1.41. The van der Waals surface area contributed by atoms with Crippen LogP contribution < -0.4 is 5.73 Å². The maximum Gasteiger partial charge on any atom is 0.0497 e. The van der Waals surface area contributed by atoms with E-state index in [0.29, 0.717) is 10.0 Å². The van der Waals surface area contributed by atoms with Gasteiger partial charge in [-0.1, -0.05) is 42.5 Å². The Hall–Kier alpha value is -0.280. The predicted molar refractivity (Wildman–Crippen MR) is 82.9 cm³/mol. The second-order valence-electron chi connectivity index (χ2n) is 5.70. The van der Waals surface area contributed by atoms with Gasteiger partial charge in [-0.2, -0.15) is 0 Å². The van der Waals surface area contributed by atoms with E-state index in [1.807, 2.05) is 18.2 Å². The monoisotopic (exact) mass is 300 g/mol. The number of nitrogens with zero attached hydrogens (tertiary/aromatic N) is 1. The summed E-state index contributed by atoms with van der Waals surface area (Å²) in [6, 6.07) is 5.46. The smallest absolute Gasteiger partial charge is 0.0497 e. The first-order valence-electron chi connectivity index (χ1n) is 6.85. The first-order chi connectivity index (χ1) is 8.97. The molecule has 106 valence electrons. The lowest BCUT2D eigenvalue weighted by Crippen LogP contribution is -2.53. The molecule has 1 aliphatic carbocycles. The third kappa shape index (κ3) is 2.92. The van der Waals surface area contributed by atoms with Gasteiger partial charge in [-0.15, -0.1) is 0 Å². The molecule has 1 saturated carbocycles. The van der Waals surface area contributed by atoms with Crippen molar-refractivity contribution in [1.82, 2.24) is 4.90 Å². The Kier molecular flexibility index (Phi) is 4.78. The van der Waals surface area contributed by atoms with Gasteiger partial charge in [0.1, 0.15) is 0 Å². The molecule has 0 amide bonds. The van der Waals surface area contributed by atoms with Crippen LogP contribution in [0.3, 0.4) is 0 Å². The van der Waals surface area contributed by atoms with E-state index in [2.05, 4.69) is 19.0 Å². The van der Waals surface area contributed by atoms with Crippen molar-refractivity contribution in [3.63, 3.8) is 0 Å². The van der Waals surface area contributed by atoms with Gasteiger partial charge in [0, 0.05) is 21.6 Å². The van der Waals surface area contributed by atoms with E-state index in [0.717, 1.165) is 18.4 Å². The van der Waals surface area contributed by atoms with Gasteiger partial charge in [0.05, 0.1) is 0 Å². The van der Waals surface area contributed by atoms with Crippen molar-refractivity contribution in [1.29, 1.82) is 0 Å². The van der Waals surface area contributed by atoms with Crippen molar-refractivity contribution in [3.05, 3.63) is 33.8 Å². The summed E-state index contributed by atoms with van der Waals surface area (Å²) in [6.45, 7) is 0. The van der Waals surface area contributed by atoms with Gasteiger partial charge < -0.3 is 10.6 Å². The Morgan fingerprint density at radius 2 is 1.79 bits per heavy atom. The summed E-state index contributed by atoms with van der Waals surface area (Å²) in [5.41, 5.74) is 7.55. The second-order valence-corrected chi connectivity index (χ2v) is 6.55. The fourth-order valence-electron chi connectivity index (χ4n) is 3.24. The van der Waals surface area contributed by atoms with Crippen LogP contribution in [0.1, 0.15) is 43.7 Å². The van der Waals surface area contributed by atoms with Crippen LogP contribution in [0.2, 0.25) is 10.0 Å².